The number of aryl methyl sites for hydroxylation is 2. The molecule has 0 bridgehead atoms. The highest BCUT2D eigenvalue weighted by Crippen LogP contribution is 2.17. The minimum atomic E-state index is 1.05. The molecule has 70 valence electrons. The van der Waals surface area contributed by atoms with Gasteiger partial charge in [-0.05, 0) is 26.0 Å². The van der Waals surface area contributed by atoms with Crippen molar-refractivity contribution in [2.45, 2.75) is 13.8 Å². The third kappa shape index (κ3) is 1.82. The van der Waals surface area contributed by atoms with Crippen molar-refractivity contribution in [1.29, 1.82) is 0 Å². The van der Waals surface area contributed by atoms with Gasteiger partial charge in [0.2, 0.25) is 0 Å². The molecule has 1 aromatic heterocycles. The van der Waals surface area contributed by atoms with Crippen molar-refractivity contribution in [3.63, 3.8) is 0 Å². The lowest BCUT2D eigenvalue weighted by Gasteiger charge is -2.01. The summed E-state index contributed by atoms with van der Waals surface area (Å²) in [5.74, 6) is 0. The molecule has 0 saturated heterocycles. The Bertz CT molecular complexity index is 429. The second-order valence-electron chi connectivity index (χ2n) is 3.53. The van der Waals surface area contributed by atoms with E-state index < -0.39 is 0 Å². The summed E-state index contributed by atoms with van der Waals surface area (Å²) in [6.45, 7) is 4.10. The largest absolute Gasteiger partial charge is 0.253 e. The molecule has 0 atom stereocenters. The van der Waals surface area contributed by atoms with Crippen LogP contribution < -0.4 is 0 Å². The molecule has 0 spiro atoms. The van der Waals surface area contributed by atoms with Crippen LogP contribution in [0.25, 0.3) is 11.3 Å². The van der Waals surface area contributed by atoms with Crippen molar-refractivity contribution in [3.8, 4) is 11.3 Å². The SMILES string of the molecule is Cc1ccc(-c2cccc(C)n2)cc1. The molecule has 0 amide bonds. The van der Waals surface area contributed by atoms with E-state index in [1.165, 1.54) is 11.1 Å². The number of benzene rings is 1. The van der Waals surface area contributed by atoms with E-state index in [2.05, 4.69) is 36.2 Å². The molecule has 0 radical (unpaired) electrons. The molecule has 0 aliphatic rings. The van der Waals surface area contributed by atoms with Gasteiger partial charge < -0.3 is 0 Å². The number of hydrogen-bond donors (Lipinski definition) is 0. The number of aromatic nitrogens is 1. The first-order valence-electron chi connectivity index (χ1n) is 4.76. The van der Waals surface area contributed by atoms with Crippen molar-refractivity contribution in [1.82, 2.24) is 4.98 Å². The van der Waals surface area contributed by atoms with Crippen molar-refractivity contribution in [2.75, 3.05) is 0 Å². The standard InChI is InChI=1S/C13H13N/c1-10-6-8-12(9-7-10)13-5-3-4-11(2)14-13/h3-9H,1-2H3. The molecule has 0 fully saturated rings. The van der Waals surface area contributed by atoms with Gasteiger partial charge in [0, 0.05) is 11.3 Å². The lowest BCUT2D eigenvalue weighted by Crippen LogP contribution is -1.85. The molecule has 2 aromatic rings. The Balaban J connectivity index is 2.44. The number of pyridine rings is 1. The number of rotatable bonds is 1. The highest BCUT2D eigenvalue weighted by atomic mass is 14.7. The van der Waals surface area contributed by atoms with E-state index in [0.29, 0.717) is 0 Å². The second-order valence-corrected chi connectivity index (χ2v) is 3.53. The van der Waals surface area contributed by atoms with Gasteiger partial charge in [0.05, 0.1) is 5.69 Å². The quantitative estimate of drug-likeness (QED) is 0.660. The molecule has 0 unspecified atom stereocenters. The van der Waals surface area contributed by atoms with Crippen LogP contribution in [0.3, 0.4) is 0 Å². The van der Waals surface area contributed by atoms with Crippen LogP contribution in [0.15, 0.2) is 42.5 Å². The van der Waals surface area contributed by atoms with Gasteiger partial charge in [-0.3, -0.25) is 4.98 Å². The van der Waals surface area contributed by atoms with E-state index in [1.54, 1.807) is 0 Å². The van der Waals surface area contributed by atoms with Crippen molar-refractivity contribution in [2.24, 2.45) is 0 Å². The minimum Gasteiger partial charge on any atom is -0.253 e. The van der Waals surface area contributed by atoms with Crippen LogP contribution in [0.1, 0.15) is 11.3 Å². The topological polar surface area (TPSA) is 12.9 Å². The summed E-state index contributed by atoms with van der Waals surface area (Å²) in [7, 11) is 0. The van der Waals surface area contributed by atoms with E-state index in [1.807, 2.05) is 25.1 Å². The average molecular weight is 183 g/mol. The van der Waals surface area contributed by atoms with E-state index >= 15 is 0 Å². The normalized spacial score (nSPS) is 10.1. The summed E-state index contributed by atoms with van der Waals surface area (Å²) in [4.78, 5) is 4.47. The zero-order chi connectivity index (χ0) is 9.97. The summed E-state index contributed by atoms with van der Waals surface area (Å²) < 4.78 is 0. The first-order valence-corrected chi connectivity index (χ1v) is 4.76. The monoisotopic (exact) mass is 183 g/mol. The van der Waals surface area contributed by atoms with Gasteiger partial charge >= 0.3 is 0 Å². The molecule has 0 saturated carbocycles. The predicted octanol–water partition coefficient (Wildman–Crippen LogP) is 3.37. The van der Waals surface area contributed by atoms with Gasteiger partial charge in [-0.15, -0.1) is 0 Å². The Morgan fingerprint density at radius 1 is 0.857 bits per heavy atom. The summed E-state index contributed by atoms with van der Waals surface area (Å²) in [6.07, 6.45) is 0. The number of nitrogens with zero attached hydrogens (tertiary/aromatic N) is 1. The molecular weight excluding hydrogens is 170 g/mol. The predicted molar refractivity (Wildman–Crippen MR) is 59.1 cm³/mol. The zero-order valence-electron chi connectivity index (χ0n) is 8.49. The van der Waals surface area contributed by atoms with Crippen molar-refractivity contribution in [3.05, 3.63) is 53.7 Å². The molecule has 0 aliphatic heterocycles. The highest BCUT2D eigenvalue weighted by Gasteiger charge is 1.97. The molecular formula is C13H13N. The fourth-order valence-corrected chi connectivity index (χ4v) is 1.43. The molecule has 1 aromatic carbocycles. The fourth-order valence-electron chi connectivity index (χ4n) is 1.43. The maximum Gasteiger partial charge on any atom is 0.0705 e. The summed E-state index contributed by atoms with van der Waals surface area (Å²) in [6, 6.07) is 14.5. The zero-order valence-corrected chi connectivity index (χ0v) is 8.49. The molecule has 14 heavy (non-hydrogen) atoms. The molecule has 0 N–H and O–H groups in total. The van der Waals surface area contributed by atoms with Gasteiger partial charge in [-0.2, -0.15) is 0 Å². The molecule has 1 nitrogen and oxygen atoms in total. The molecule has 0 aliphatic carbocycles. The lowest BCUT2D eigenvalue weighted by atomic mass is 10.1. The minimum absolute atomic E-state index is 1.05. The van der Waals surface area contributed by atoms with Gasteiger partial charge in [-0.1, -0.05) is 35.9 Å². The highest BCUT2D eigenvalue weighted by molar-refractivity contribution is 5.59. The Kier molecular flexibility index (Phi) is 2.32. The van der Waals surface area contributed by atoms with E-state index in [-0.39, 0.29) is 0 Å². The maximum atomic E-state index is 4.47. The Morgan fingerprint density at radius 2 is 1.57 bits per heavy atom. The molecule has 2 rings (SSSR count). The smallest absolute Gasteiger partial charge is 0.0705 e. The number of hydrogen-bond acceptors (Lipinski definition) is 1. The van der Waals surface area contributed by atoms with E-state index in [9.17, 15) is 0 Å². The van der Waals surface area contributed by atoms with Gasteiger partial charge in [-0.25, -0.2) is 0 Å². The van der Waals surface area contributed by atoms with E-state index in [0.717, 1.165) is 11.4 Å². The van der Waals surface area contributed by atoms with Crippen LogP contribution >= 0.6 is 0 Å². The Labute approximate surface area is 84.4 Å². The molecule has 1 heteroatoms. The van der Waals surface area contributed by atoms with Gasteiger partial charge in [0.15, 0.2) is 0 Å². The summed E-state index contributed by atoms with van der Waals surface area (Å²) >= 11 is 0. The van der Waals surface area contributed by atoms with Crippen LogP contribution in [0.5, 0.6) is 0 Å². The van der Waals surface area contributed by atoms with Crippen LogP contribution in [0.2, 0.25) is 0 Å². The first kappa shape index (κ1) is 8.95. The van der Waals surface area contributed by atoms with Gasteiger partial charge in [0.25, 0.3) is 0 Å². The van der Waals surface area contributed by atoms with Gasteiger partial charge in [0.1, 0.15) is 0 Å². The van der Waals surface area contributed by atoms with Crippen LogP contribution in [-0.2, 0) is 0 Å². The fraction of sp³-hybridized carbons (Fsp3) is 0.154. The van der Waals surface area contributed by atoms with Crippen LogP contribution in [0, 0.1) is 13.8 Å². The maximum absolute atomic E-state index is 4.47. The Morgan fingerprint density at radius 3 is 2.21 bits per heavy atom. The summed E-state index contributed by atoms with van der Waals surface area (Å²) in [5.41, 5.74) is 4.56. The third-order valence-corrected chi connectivity index (χ3v) is 2.24. The lowest BCUT2D eigenvalue weighted by molar-refractivity contribution is 1.20. The third-order valence-electron chi connectivity index (χ3n) is 2.24. The van der Waals surface area contributed by atoms with Crippen molar-refractivity contribution >= 4 is 0 Å². The van der Waals surface area contributed by atoms with Crippen molar-refractivity contribution < 1.29 is 0 Å². The second kappa shape index (κ2) is 3.62. The Hall–Kier alpha value is -1.63. The van der Waals surface area contributed by atoms with E-state index in [4.69, 9.17) is 0 Å². The summed E-state index contributed by atoms with van der Waals surface area (Å²) in [5, 5.41) is 0. The average Bonchev–Trinajstić information content (AvgIpc) is 2.19. The molecule has 1 heterocycles. The first-order chi connectivity index (χ1) is 6.75. The van der Waals surface area contributed by atoms with Crippen LogP contribution in [-0.4, -0.2) is 4.98 Å². The van der Waals surface area contributed by atoms with Crippen LogP contribution in [0.4, 0.5) is 0 Å².